The van der Waals surface area contributed by atoms with E-state index in [0.29, 0.717) is 0 Å². The van der Waals surface area contributed by atoms with Crippen LogP contribution in [0.1, 0.15) is 40.5 Å². The maximum absolute atomic E-state index is 6.22. The maximum Gasteiger partial charge on any atom is 0.184 e. The standard InChI is InChI=1S/C18H32OSi/c1-9-16(4)11-10-12-17(5)14-18(13-15(2)3)19-20(6,7)8/h9,11,13-14,18H,1,10,12H2,2-8H3/b16-11+,17-14+. The number of rotatable bonds is 8. The highest BCUT2D eigenvalue weighted by Crippen LogP contribution is 2.15. The second-order valence-corrected chi connectivity index (χ2v) is 11.1. The fourth-order valence-corrected chi connectivity index (χ4v) is 2.78. The molecular formula is C18H32OSi. The van der Waals surface area contributed by atoms with E-state index in [1.54, 1.807) is 0 Å². The molecule has 1 atom stereocenters. The first-order valence-corrected chi connectivity index (χ1v) is 10.8. The fourth-order valence-electron chi connectivity index (χ4n) is 1.83. The van der Waals surface area contributed by atoms with E-state index in [0.717, 1.165) is 12.8 Å². The molecule has 1 nitrogen and oxygen atoms in total. The van der Waals surface area contributed by atoms with Crippen molar-refractivity contribution in [2.75, 3.05) is 0 Å². The van der Waals surface area contributed by atoms with Gasteiger partial charge in [-0.15, -0.1) is 0 Å². The third-order valence-electron chi connectivity index (χ3n) is 2.76. The van der Waals surface area contributed by atoms with Crippen molar-refractivity contribution in [1.29, 1.82) is 0 Å². The SMILES string of the molecule is C=C/C(C)=C/CC/C(C)=C/C(C=C(C)C)O[Si](C)(C)C. The van der Waals surface area contributed by atoms with E-state index in [9.17, 15) is 0 Å². The van der Waals surface area contributed by atoms with Crippen molar-refractivity contribution in [3.8, 4) is 0 Å². The van der Waals surface area contributed by atoms with Crippen LogP contribution in [0.25, 0.3) is 0 Å². The number of hydrogen-bond acceptors (Lipinski definition) is 1. The Labute approximate surface area is 127 Å². The second kappa shape index (κ2) is 9.14. The molecule has 0 aliphatic rings. The molecule has 20 heavy (non-hydrogen) atoms. The van der Waals surface area contributed by atoms with Gasteiger partial charge in [0.2, 0.25) is 0 Å². The summed E-state index contributed by atoms with van der Waals surface area (Å²) >= 11 is 0. The van der Waals surface area contributed by atoms with Crippen LogP contribution in [0, 0.1) is 0 Å². The average Bonchev–Trinajstić information content (AvgIpc) is 2.25. The topological polar surface area (TPSA) is 9.23 Å². The van der Waals surface area contributed by atoms with Crippen LogP contribution < -0.4 is 0 Å². The zero-order valence-electron chi connectivity index (χ0n) is 14.4. The Kier molecular flexibility index (Phi) is 8.75. The molecule has 0 rings (SSSR count). The molecule has 0 aromatic heterocycles. The van der Waals surface area contributed by atoms with Crippen molar-refractivity contribution in [2.45, 2.75) is 66.3 Å². The highest BCUT2D eigenvalue weighted by molar-refractivity contribution is 6.69. The molecular weight excluding hydrogens is 260 g/mol. The Bertz CT molecular complexity index is 390. The van der Waals surface area contributed by atoms with Gasteiger partial charge in [0.15, 0.2) is 8.32 Å². The lowest BCUT2D eigenvalue weighted by atomic mass is 10.1. The zero-order chi connectivity index (χ0) is 15.8. The van der Waals surface area contributed by atoms with Crippen molar-refractivity contribution in [1.82, 2.24) is 0 Å². The van der Waals surface area contributed by atoms with Crippen LogP contribution in [-0.4, -0.2) is 14.4 Å². The zero-order valence-corrected chi connectivity index (χ0v) is 15.4. The minimum absolute atomic E-state index is 0.121. The lowest BCUT2D eigenvalue weighted by Crippen LogP contribution is -2.30. The van der Waals surface area contributed by atoms with Crippen LogP contribution in [0.15, 0.2) is 47.6 Å². The van der Waals surface area contributed by atoms with Crippen molar-refractivity contribution in [3.05, 3.63) is 47.6 Å². The molecule has 0 saturated carbocycles. The molecule has 0 aliphatic heterocycles. The maximum atomic E-state index is 6.22. The predicted octanol–water partition coefficient (Wildman–Crippen LogP) is 6.03. The van der Waals surface area contributed by atoms with Crippen LogP contribution in [0.5, 0.6) is 0 Å². The minimum atomic E-state index is -1.52. The van der Waals surface area contributed by atoms with Crippen LogP contribution in [0.4, 0.5) is 0 Å². The Morgan fingerprint density at radius 1 is 1.10 bits per heavy atom. The fraction of sp³-hybridized carbons (Fsp3) is 0.556. The van der Waals surface area contributed by atoms with E-state index in [1.807, 2.05) is 6.08 Å². The van der Waals surface area contributed by atoms with Gasteiger partial charge in [0.1, 0.15) is 0 Å². The molecule has 1 unspecified atom stereocenters. The van der Waals surface area contributed by atoms with E-state index < -0.39 is 8.32 Å². The van der Waals surface area contributed by atoms with Gasteiger partial charge in [-0.2, -0.15) is 0 Å². The first-order chi connectivity index (χ1) is 9.14. The lowest BCUT2D eigenvalue weighted by molar-refractivity contribution is 0.287. The monoisotopic (exact) mass is 292 g/mol. The molecule has 0 aromatic rings. The van der Waals surface area contributed by atoms with Gasteiger partial charge >= 0.3 is 0 Å². The molecule has 0 aliphatic carbocycles. The molecule has 0 heterocycles. The van der Waals surface area contributed by atoms with Gasteiger partial charge in [-0.05, 0) is 60.2 Å². The summed E-state index contributed by atoms with van der Waals surface area (Å²) in [5.74, 6) is 0. The van der Waals surface area contributed by atoms with Crippen LogP contribution in [0.2, 0.25) is 19.6 Å². The molecule has 0 spiro atoms. The van der Waals surface area contributed by atoms with Crippen molar-refractivity contribution < 1.29 is 4.43 Å². The van der Waals surface area contributed by atoms with E-state index >= 15 is 0 Å². The van der Waals surface area contributed by atoms with Gasteiger partial charge in [-0.3, -0.25) is 0 Å². The van der Waals surface area contributed by atoms with Gasteiger partial charge < -0.3 is 4.43 Å². The molecule has 2 heteroatoms. The van der Waals surface area contributed by atoms with Crippen LogP contribution in [-0.2, 0) is 4.43 Å². The van der Waals surface area contributed by atoms with Crippen LogP contribution >= 0.6 is 0 Å². The molecule has 0 bridgehead atoms. The molecule has 0 fully saturated rings. The predicted molar refractivity (Wildman–Crippen MR) is 94.6 cm³/mol. The third kappa shape index (κ3) is 11.0. The van der Waals surface area contributed by atoms with E-state index in [4.69, 9.17) is 4.43 Å². The molecule has 0 saturated heterocycles. The highest BCUT2D eigenvalue weighted by atomic mass is 28.4. The van der Waals surface area contributed by atoms with Gasteiger partial charge in [0.25, 0.3) is 0 Å². The summed E-state index contributed by atoms with van der Waals surface area (Å²) in [5, 5.41) is 0. The smallest absolute Gasteiger partial charge is 0.184 e. The van der Waals surface area contributed by atoms with Crippen molar-refractivity contribution >= 4 is 8.32 Å². The van der Waals surface area contributed by atoms with E-state index in [1.165, 1.54) is 16.7 Å². The van der Waals surface area contributed by atoms with E-state index in [2.05, 4.69) is 72.1 Å². The number of allylic oxidation sites excluding steroid dienone is 5. The van der Waals surface area contributed by atoms with Crippen molar-refractivity contribution in [2.24, 2.45) is 0 Å². The molecule has 0 radical (unpaired) electrons. The van der Waals surface area contributed by atoms with Gasteiger partial charge in [0, 0.05) is 0 Å². The second-order valence-electron chi connectivity index (χ2n) is 6.64. The number of hydrogen-bond donors (Lipinski definition) is 0. The summed E-state index contributed by atoms with van der Waals surface area (Å²) < 4.78 is 6.22. The third-order valence-corrected chi connectivity index (χ3v) is 3.74. The average molecular weight is 293 g/mol. The lowest BCUT2D eigenvalue weighted by Gasteiger charge is -2.23. The summed E-state index contributed by atoms with van der Waals surface area (Å²) in [6.45, 7) is 19.0. The Hall–Kier alpha value is -0.863. The molecule has 114 valence electrons. The van der Waals surface area contributed by atoms with Gasteiger partial charge in [-0.25, -0.2) is 0 Å². The normalized spacial score (nSPS) is 14.9. The van der Waals surface area contributed by atoms with Gasteiger partial charge in [-0.1, -0.05) is 47.6 Å². The molecule has 0 aromatic carbocycles. The van der Waals surface area contributed by atoms with Crippen molar-refractivity contribution in [3.63, 3.8) is 0 Å². The summed E-state index contributed by atoms with van der Waals surface area (Å²) in [7, 11) is -1.52. The summed E-state index contributed by atoms with van der Waals surface area (Å²) in [6, 6.07) is 0. The van der Waals surface area contributed by atoms with E-state index in [-0.39, 0.29) is 6.10 Å². The Morgan fingerprint density at radius 3 is 2.15 bits per heavy atom. The Balaban J connectivity index is 4.72. The largest absolute Gasteiger partial charge is 0.408 e. The van der Waals surface area contributed by atoms with Crippen LogP contribution in [0.3, 0.4) is 0 Å². The Morgan fingerprint density at radius 2 is 1.70 bits per heavy atom. The molecule has 0 amide bonds. The summed E-state index contributed by atoms with van der Waals surface area (Å²) in [4.78, 5) is 0. The summed E-state index contributed by atoms with van der Waals surface area (Å²) in [5.41, 5.74) is 3.94. The summed E-state index contributed by atoms with van der Waals surface area (Å²) in [6.07, 6.45) is 10.9. The molecule has 0 N–H and O–H groups in total. The first kappa shape index (κ1) is 19.1. The first-order valence-electron chi connectivity index (χ1n) is 7.43. The minimum Gasteiger partial charge on any atom is -0.408 e. The quantitative estimate of drug-likeness (QED) is 0.301. The van der Waals surface area contributed by atoms with Gasteiger partial charge in [0.05, 0.1) is 6.10 Å². The highest BCUT2D eigenvalue weighted by Gasteiger charge is 2.18.